The Bertz CT molecular complexity index is 489. The minimum Gasteiger partial charge on any atom is -0.496 e. The monoisotopic (exact) mass is 253 g/mol. The SMILES string of the molecule is COc1cc(F)cc(F)c1COS(N)(=O)=O. The molecular weight excluding hydrogens is 244 g/mol. The Labute approximate surface area is 91.0 Å². The van der Waals surface area contributed by atoms with Gasteiger partial charge >= 0.3 is 10.3 Å². The van der Waals surface area contributed by atoms with Crippen LogP contribution in [0.2, 0.25) is 0 Å². The molecule has 5 nitrogen and oxygen atoms in total. The summed E-state index contributed by atoms with van der Waals surface area (Å²) in [4.78, 5) is 0. The van der Waals surface area contributed by atoms with Gasteiger partial charge in [-0.3, -0.25) is 4.18 Å². The second-order valence-electron chi connectivity index (χ2n) is 2.82. The maximum atomic E-state index is 13.2. The average molecular weight is 253 g/mol. The number of nitrogens with two attached hydrogens (primary N) is 1. The molecule has 0 amide bonds. The number of methoxy groups -OCH3 is 1. The predicted octanol–water partition coefficient (Wildman–Crippen LogP) is 0.694. The van der Waals surface area contributed by atoms with Crippen molar-refractivity contribution in [2.45, 2.75) is 6.61 Å². The van der Waals surface area contributed by atoms with Gasteiger partial charge in [0, 0.05) is 12.1 Å². The largest absolute Gasteiger partial charge is 0.496 e. The van der Waals surface area contributed by atoms with Crippen LogP contribution >= 0.6 is 0 Å². The summed E-state index contributed by atoms with van der Waals surface area (Å²) >= 11 is 0. The van der Waals surface area contributed by atoms with Crippen molar-refractivity contribution >= 4 is 10.3 Å². The summed E-state index contributed by atoms with van der Waals surface area (Å²) in [7, 11) is -3.00. The van der Waals surface area contributed by atoms with Gasteiger partial charge in [-0.15, -0.1) is 0 Å². The van der Waals surface area contributed by atoms with Crippen LogP contribution in [0.15, 0.2) is 12.1 Å². The van der Waals surface area contributed by atoms with Gasteiger partial charge in [-0.2, -0.15) is 8.42 Å². The smallest absolute Gasteiger partial charge is 0.333 e. The molecule has 1 aromatic rings. The van der Waals surface area contributed by atoms with Crippen molar-refractivity contribution in [1.82, 2.24) is 0 Å². The number of rotatable bonds is 4. The van der Waals surface area contributed by atoms with Crippen LogP contribution in [0.1, 0.15) is 5.56 Å². The number of halogens is 2. The summed E-state index contributed by atoms with van der Waals surface area (Å²) in [6.45, 7) is -0.659. The Morgan fingerprint density at radius 1 is 1.38 bits per heavy atom. The van der Waals surface area contributed by atoms with E-state index < -0.39 is 28.5 Å². The van der Waals surface area contributed by atoms with E-state index in [2.05, 4.69) is 14.1 Å². The number of ether oxygens (including phenoxy) is 1. The molecule has 16 heavy (non-hydrogen) atoms. The molecule has 0 radical (unpaired) electrons. The van der Waals surface area contributed by atoms with Crippen molar-refractivity contribution in [3.05, 3.63) is 29.3 Å². The predicted molar refractivity (Wildman–Crippen MR) is 50.8 cm³/mol. The van der Waals surface area contributed by atoms with E-state index in [-0.39, 0.29) is 11.3 Å². The molecule has 90 valence electrons. The zero-order valence-corrected chi connectivity index (χ0v) is 9.05. The van der Waals surface area contributed by atoms with Gasteiger partial charge in [0.25, 0.3) is 0 Å². The fraction of sp³-hybridized carbons (Fsp3) is 0.250. The minimum atomic E-state index is -4.19. The van der Waals surface area contributed by atoms with Crippen LogP contribution in [0.5, 0.6) is 5.75 Å². The van der Waals surface area contributed by atoms with Gasteiger partial charge in [0.2, 0.25) is 0 Å². The third-order valence-corrected chi connectivity index (χ3v) is 2.15. The molecule has 0 unspecified atom stereocenters. The molecule has 1 aromatic carbocycles. The Balaban J connectivity index is 3.03. The topological polar surface area (TPSA) is 78.6 Å². The zero-order chi connectivity index (χ0) is 12.3. The second-order valence-corrected chi connectivity index (χ2v) is 4.04. The molecule has 8 heteroatoms. The molecule has 0 aliphatic carbocycles. The van der Waals surface area contributed by atoms with Gasteiger partial charge in [0.1, 0.15) is 17.4 Å². The number of hydrogen-bond donors (Lipinski definition) is 1. The van der Waals surface area contributed by atoms with Crippen molar-refractivity contribution in [3.63, 3.8) is 0 Å². The van der Waals surface area contributed by atoms with Crippen molar-refractivity contribution in [3.8, 4) is 5.75 Å². The normalized spacial score (nSPS) is 11.5. The van der Waals surface area contributed by atoms with E-state index in [1.165, 1.54) is 7.11 Å². The molecule has 1 rings (SSSR count). The van der Waals surface area contributed by atoms with E-state index in [0.29, 0.717) is 6.07 Å². The van der Waals surface area contributed by atoms with E-state index >= 15 is 0 Å². The van der Waals surface area contributed by atoms with Crippen LogP contribution in [-0.2, 0) is 21.1 Å². The Hall–Kier alpha value is -1.25. The molecule has 0 saturated carbocycles. The quantitative estimate of drug-likeness (QED) is 0.856. The summed E-state index contributed by atoms with van der Waals surface area (Å²) in [5, 5.41) is 4.57. The molecular formula is C8H9F2NO4S. The lowest BCUT2D eigenvalue weighted by atomic mass is 10.2. The van der Waals surface area contributed by atoms with E-state index in [4.69, 9.17) is 0 Å². The van der Waals surface area contributed by atoms with Crippen molar-refractivity contribution in [2.75, 3.05) is 7.11 Å². The van der Waals surface area contributed by atoms with Gasteiger partial charge in [0.05, 0.1) is 19.3 Å². The maximum Gasteiger partial charge on any atom is 0.333 e. The molecule has 0 bridgehead atoms. The van der Waals surface area contributed by atoms with E-state index in [1.807, 2.05) is 0 Å². The van der Waals surface area contributed by atoms with Crippen LogP contribution < -0.4 is 9.88 Å². The first kappa shape index (κ1) is 12.8. The first-order valence-electron chi connectivity index (χ1n) is 4.02. The molecule has 0 aromatic heterocycles. The first-order chi connectivity index (χ1) is 7.33. The van der Waals surface area contributed by atoms with Gasteiger partial charge in [-0.05, 0) is 0 Å². The van der Waals surface area contributed by atoms with Gasteiger partial charge in [-0.25, -0.2) is 13.9 Å². The number of hydrogen-bond acceptors (Lipinski definition) is 4. The highest BCUT2D eigenvalue weighted by atomic mass is 32.2. The van der Waals surface area contributed by atoms with Crippen molar-refractivity contribution in [1.29, 1.82) is 0 Å². The Morgan fingerprint density at radius 3 is 2.50 bits per heavy atom. The van der Waals surface area contributed by atoms with Crippen LogP contribution in [0.3, 0.4) is 0 Å². The van der Waals surface area contributed by atoms with Crippen LogP contribution in [0, 0.1) is 11.6 Å². The van der Waals surface area contributed by atoms with Crippen molar-refractivity contribution < 1.29 is 26.1 Å². The highest BCUT2D eigenvalue weighted by Gasteiger charge is 2.14. The fourth-order valence-electron chi connectivity index (χ4n) is 1.04. The highest BCUT2D eigenvalue weighted by Crippen LogP contribution is 2.24. The molecule has 0 fully saturated rings. The van der Waals surface area contributed by atoms with E-state index in [0.717, 1.165) is 6.07 Å². The molecule has 0 aliphatic rings. The van der Waals surface area contributed by atoms with E-state index in [1.54, 1.807) is 0 Å². The standard InChI is InChI=1S/C8H9F2NO4S/c1-14-8-3-5(9)2-7(10)6(8)4-15-16(11,12)13/h2-3H,4H2,1H3,(H2,11,12,13). The molecule has 0 heterocycles. The molecule has 2 N–H and O–H groups in total. The summed E-state index contributed by atoms with van der Waals surface area (Å²) in [6, 6.07) is 1.50. The molecule has 0 spiro atoms. The Morgan fingerprint density at radius 2 is 2.00 bits per heavy atom. The summed E-state index contributed by atoms with van der Waals surface area (Å²) in [5.74, 6) is -1.96. The molecule has 0 aliphatic heterocycles. The Kier molecular flexibility index (Phi) is 3.79. The van der Waals surface area contributed by atoms with E-state index in [9.17, 15) is 17.2 Å². The lowest BCUT2D eigenvalue weighted by Crippen LogP contribution is -2.16. The van der Waals surface area contributed by atoms with Crippen LogP contribution in [-0.4, -0.2) is 15.5 Å². The third-order valence-electron chi connectivity index (χ3n) is 1.71. The minimum absolute atomic E-state index is 0.152. The highest BCUT2D eigenvalue weighted by molar-refractivity contribution is 7.84. The summed E-state index contributed by atoms with van der Waals surface area (Å²) < 4.78 is 55.9. The third kappa shape index (κ3) is 3.40. The molecule has 0 atom stereocenters. The maximum absolute atomic E-state index is 13.2. The van der Waals surface area contributed by atoms with Crippen molar-refractivity contribution in [2.24, 2.45) is 5.14 Å². The molecule has 0 saturated heterocycles. The van der Waals surface area contributed by atoms with Crippen LogP contribution in [0.4, 0.5) is 8.78 Å². The average Bonchev–Trinajstić information content (AvgIpc) is 2.13. The fourth-order valence-corrected chi connectivity index (χ4v) is 1.33. The van der Waals surface area contributed by atoms with Gasteiger partial charge in [-0.1, -0.05) is 0 Å². The lowest BCUT2D eigenvalue weighted by molar-refractivity contribution is 0.292. The lowest BCUT2D eigenvalue weighted by Gasteiger charge is -2.09. The van der Waals surface area contributed by atoms with Gasteiger partial charge < -0.3 is 4.74 Å². The summed E-state index contributed by atoms with van der Waals surface area (Å²) in [6.07, 6.45) is 0. The van der Waals surface area contributed by atoms with Crippen LogP contribution in [0.25, 0.3) is 0 Å². The zero-order valence-electron chi connectivity index (χ0n) is 8.24. The number of benzene rings is 1. The van der Waals surface area contributed by atoms with Gasteiger partial charge in [0.15, 0.2) is 0 Å². The first-order valence-corrected chi connectivity index (χ1v) is 5.49. The second kappa shape index (κ2) is 4.73. The summed E-state index contributed by atoms with van der Waals surface area (Å²) in [5.41, 5.74) is -0.224.